The van der Waals surface area contributed by atoms with Gasteiger partial charge in [-0.3, -0.25) is 9.59 Å². The molecule has 4 rings (SSSR count). The first-order valence-corrected chi connectivity index (χ1v) is 9.71. The fourth-order valence-electron chi connectivity index (χ4n) is 3.94. The normalized spacial score (nSPS) is 16.0. The number of nitrogens with zero attached hydrogens (tertiary/aromatic N) is 2. The Labute approximate surface area is 165 Å². The van der Waals surface area contributed by atoms with Gasteiger partial charge in [-0.15, -0.1) is 0 Å². The second kappa shape index (κ2) is 7.92. The summed E-state index contributed by atoms with van der Waals surface area (Å²) >= 11 is 0. The van der Waals surface area contributed by atoms with Crippen molar-refractivity contribution in [3.05, 3.63) is 53.6 Å². The summed E-state index contributed by atoms with van der Waals surface area (Å²) in [6, 6.07) is 14.0. The van der Waals surface area contributed by atoms with Crippen LogP contribution in [0.25, 0.3) is 0 Å². The van der Waals surface area contributed by atoms with Crippen molar-refractivity contribution >= 4 is 23.2 Å². The molecule has 0 atom stereocenters. The van der Waals surface area contributed by atoms with E-state index in [0.717, 1.165) is 54.4 Å². The number of hydrogen-bond acceptors (Lipinski definition) is 4. The summed E-state index contributed by atoms with van der Waals surface area (Å²) in [7, 11) is 1.66. The summed E-state index contributed by atoms with van der Waals surface area (Å²) < 4.78 is 5.37. The highest BCUT2D eigenvalue weighted by Gasteiger charge is 2.23. The molecule has 2 aromatic carbocycles. The number of carbonyl (C=O) groups excluding carboxylic acids is 2. The van der Waals surface area contributed by atoms with Gasteiger partial charge in [-0.25, -0.2) is 0 Å². The van der Waals surface area contributed by atoms with E-state index in [0.29, 0.717) is 19.3 Å². The van der Waals surface area contributed by atoms with Gasteiger partial charge in [0.1, 0.15) is 5.75 Å². The molecule has 0 aliphatic carbocycles. The van der Waals surface area contributed by atoms with E-state index >= 15 is 0 Å². The Balaban J connectivity index is 1.31. The van der Waals surface area contributed by atoms with E-state index in [1.165, 1.54) is 0 Å². The predicted octanol–water partition coefficient (Wildman–Crippen LogP) is 2.47. The number of carbonyl (C=O) groups is 2. The second-order valence-corrected chi connectivity index (χ2v) is 7.25. The van der Waals surface area contributed by atoms with Crippen molar-refractivity contribution in [2.75, 3.05) is 43.5 Å². The van der Waals surface area contributed by atoms with E-state index in [1.807, 2.05) is 41.3 Å². The highest BCUT2D eigenvalue weighted by Crippen LogP contribution is 2.28. The first-order valence-electron chi connectivity index (χ1n) is 9.71. The van der Waals surface area contributed by atoms with Crippen molar-refractivity contribution in [3.8, 4) is 5.75 Å². The number of benzene rings is 2. The molecule has 146 valence electrons. The summed E-state index contributed by atoms with van der Waals surface area (Å²) in [4.78, 5) is 28.4. The summed E-state index contributed by atoms with van der Waals surface area (Å²) in [5.41, 5.74) is 4.16. The number of fused-ring (bicyclic) bond motifs is 1. The van der Waals surface area contributed by atoms with Crippen LogP contribution in [0.15, 0.2) is 42.5 Å². The SMILES string of the molecule is COc1ccccc1CCC(=O)N1CCN(c2ccc3c(c2)CC(=O)N3)CC1. The number of nitrogens with one attached hydrogen (secondary N) is 1. The van der Waals surface area contributed by atoms with Gasteiger partial charge in [0, 0.05) is 44.0 Å². The van der Waals surface area contributed by atoms with E-state index in [1.54, 1.807) is 7.11 Å². The molecule has 6 nitrogen and oxygen atoms in total. The molecule has 28 heavy (non-hydrogen) atoms. The van der Waals surface area contributed by atoms with E-state index in [2.05, 4.69) is 16.3 Å². The average molecular weight is 379 g/mol. The van der Waals surface area contributed by atoms with Crippen LogP contribution in [-0.4, -0.2) is 50.0 Å². The van der Waals surface area contributed by atoms with E-state index in [9.17, 15) is 9.59 Å². The smallest absolute Gasteiger partial charge is 0.228 e. The second-order valence-electron chi connectivity index (χ2n) is 7.25. The molecule has 2 amide bonds. The summed E-state index contributed by atoms with van der Waals surface area (Å²) in [6.45, 7) is 3.05. The van der Waals surface area contributed by atoms with Crippen LogP contribution in [0.4, 0.5) is 11.4 Å². The lowest BCUT2D eigenvalue weighted by Crippen LogP contribution is -2.48. The topological polar surface area (TPSA) is 61.9 Å². The van der Waals surface area contributed by atoms with Gasteiger partial charge in [0.25, 0.3) is 0 Å². The molecular formula is C22H25N3O3. The van der Waals surface area contributed by atoms with Crippen LogP contribution >= 0.6 is 0 Å². The molecule has 1 saturated heterocycles. The van der Waals surface area contributed by atoms with Crippen LogP contribution in [0, 0.1) is 0 Å². The maximum atomic E-state index is 12.6. The van der Waals surface area contributed by atoms with Gasteiger partial charge in [-0.2, -0.15) is 0 Å². The van der Waals surface area contributed by atoms with Crippen LogP contribution in [0.3, 0.4) is 0 Å². The van der Waals surface area contributed by atoms with Crippen molar-refractivity contribution in [1.29, 1.82) is 0 Å². The minimum Gasteiger partial charge on any atom is -0.496 e. The van der Waals surface area contributed by atoms with Gasteiger partial charge in [-0.1, -0.05) is 18.2 Å². The molecule has 0 spiro atoms. The third kappa shape index (κ3) is 3.81. The number of para-hydroxylation sites is 1. The standard InChI is InChI=1S/C22H25N3O3/c1-28-20-5-3-2-4-16(20)6-9-22(27)25-12-10-24(11-13-25)18-7-8-19-17(14-18)15-21(26)23-19/h2-5,7-8,14H,6,9-13,15H2,1H3,(H,23,26). The number of aryl methyl sites for hydroxylation is 1. The van der Waals surface area contributed by atoms with Crippen LogP contribution in [-0.2, 0) is 22.4 Å². The Hall–Kier alpha value is -3.02. The van der Waals surface area contributed by atoms with Gasteiger partial charge < -0.3 is 19.9 Å². The van der Waals surface area contributed by atoms with E-state index in [-0.39, 0.29) is 11.8 Å². The molecule has 2 heterocycles. The van der Waals surface area contributed by atoms with Crippen molar-refractivity contribution < 1.29 is 14.3 Å². The quantitative estimate of drug-likeness (QED) is 0.867. The molecule has 2 aromatic rings. The molecule has 2 aliphatic heterocycles. The largest absolute Gasteiger partial charge is 0.496 e. The number of amides is 2. The van der Waals surface area contributed by atoms with E-state index in [4.69, 9.17) is 4.74 Å². The van der Waals surface area contributed by atoms with Crippen LogP contribution < -0.4 is 15.0 Å². The molecule has 1 N–H and O–H groups in total. The number of rotatable bonds is 5. The Morgan fingerprint density at radius 1 is 1.11 bits per heavy atom. The Morgan fingerprint density at radius 2 is 1.89 bits per heavy atom. The maximum absolute atomic E-state index is 12.6. The van der Waals surface area contributed by atoms with Gasteiger partial charge in [-0.05, 0) is 41.8 Å². The summed E-state index contributed by atoms with van der Waals surface area (Å²) in [5, 5.41) is 2.87. The number of hydrogen-bond donors (Lipinski definition) is 1. The van der Waals surface area contributed by atoms with Crippen molar-refractivity contribution in [3.63, 3.8) is 0 Å². The van der Waals surface area contributed by atoms with Gasteiger partial charge in [0.2, 0.25) is 11.8 Å². The lowest BCUT2D eigenvalue weighted by Gasteiger charge is -2.36. The first-order chi connectivity index (χ1) is 13.6. The zero-order valence-corrected chi connectivity index (χ0v) is 16.1. The summed E-state index contributed by atoms with van der Waals surface area (Å²) in [5.74, 6) is 1.08. The third-order valence-electron chi connectivity index (χ3n) is 5.51. The van der Waals surface area contributed by atoms with Crippen LogP contribution in [0.2, 0.25) is 0 Å². The number of piperazine rings is 1. The molecular weight excluding hydrogens is 354 g/mol. The van der Waals surface area contributed by atoms with Crippen LogP contribution in [0.5, 0.6) is 5.75 Å². The molecule has 1 fully saturated rings. The minimum atomic E-state index is 0.0533. The predicted molar refractivity (Wildman–Crippen MR) is 109 cm³/mol. The molecule has 6 heteroatoms. The molecule has 0 saturated carbocycles. The first kappa shape index (κ1) is 18.3. The van der Waals surface area contributed by atoms with Crippen LogP contribution in [0.1, 0.15) is 17.5 Å². The zero-order chi connectivity index (χ0) is 19.5. The van der Waals surface area contributed by atoms with Gasteiger partial charge in [0.05, 0.1) is 13.5 Å². The number of anilines is 2. The minimum absolute atomic E-state index is 0.0533. The summed E-state index contributed by atoms with van der Waals surface area (Å²) in [6.07, 6.45) is 1.63. The van der Waals surface area contributed by atoms with Crippen molar-refractivity contribution in [2.24, 2.45) is 0 Å². The molecule has 0 radical (unpaired) electrons. The lowest BCUT2D eigenvalue weighted by atomic mass is 10.1. The monoisotopic (exact) mass is 379 g/mol. The third-order valence-corrected chi connectivity index (χ3v) is 5.51. The number of methoxy groups -OCH3 is 1. The Kier molecular flexibility index (Phi) is 5.19. The van der Waals surface area contributed by atoms with Gasteiger partial charge in [0.15, 0.2) is 0 Å². The molecule has 0 unspecified atom stereocenters. The zero-order valence-electron chi connectivity index (χ0n) is 16.1. The molecule has 2 aliphatic rings. The lowest BCUT2D eigenvalue weighted by molar-refractivity contribution is -0.131. The highest BCUT2D eigenvalue weighted by atomic mass is 16.5. The maximum Gasteiger partial charge on any atom is 0.228 e. The average Bonchev–Trinajstić information content (AvgIpc) is 3.11. The number of ether oxygens (including phenoxy) is 1. The van der Waals surface area contributed by atoms with E-state index < -0.39 is 0 Å². The highest BCUT2D eigenvalue weighted by molar-refractivity contribution is 5.99. The van der Waals surface area contributed by atoms with Crippen molar-refractivity contribution in [1.82, 2.24) is 4.90 Å². The van der Waals surface area contributed by atoms with Crippen molar-refractivity contribution in [2.45, 2.75) is 19.3 Å². The fourth-order valence-corrected chi connectivity index (χ4v) is 3.94. The molecule has 0 aromatic heterocycles. The van der Waals surface area contributed by atoms with Gasteiger partial charge >= 0.3 is 0 Å². The fraction of sp³-hybridized carbons (Fsp3) is 0.364. The Morgan fingerprint density at radius 3 is 2.68 bits per heavy atom. The molecule has 0 bridgehead atoms. The Bertz CT molecular complexity index is 888.